The van der Waals surface area contributed by atoms with Gasteiger partial charge < -0.3 is 28.8 Å². The maximum absolute atomic E-state index is 12.8. The van der Waals surface area contributed by atoms with Crippen LogP contribution in [0.2, 0.25) is 0 Å². The van der Waals surface area contributed by atoms with Gasteiger partial charge in [-0.1, -0.05) is 159 Å². The molecule has 0 rings (SSSR count). The van der Waals surface area contributed by atoms with Crippen molar-refractivity contribution in [2.45, 2.75) is 193 Å². The number of hydrogen-bond donors (Lipinski definition) is 2. The van der Waals surface area contributed by atoms with Crippen molar-refractivity contribution in [2.75, 3.05) is 40.9 Å². The number of hydrogen-bond acceptors (Lipinski definition) is 6. The van der Waals surface area contributed by atoms with E-state index in [2.05, 4.69) is 55.6 Å². The number of likely N-dealkylation sites (N-methyl/N-ethyl adjacent to an activating group) is 1. The minimum atomic E-state index is -4.59. The summed E-state index contributed by atoms with van der Waals surface area (Å²) in [6, 6.07) is -0.904. The average molecular weight is 781 g/mol. The third-order valence-corrected chi connectivity index (χ3v) is 10.5. The van der Waals surface area contributed by atoms with E-state index in [-0.39, 0.29) is 12.5 Å². The number of amides is 1. The fraction of sp³-hybridized carbons (Fsp3) is 0.800. The molecule has 0 spiro atoms. The predicted molar refractivity (Wildman–Crippen MR) is 228 cm³/mol. The van der Waals surface area contributed by atoms with Gasteiger partial charge in [0.25, 0.3) is 7.82 Å². The van der Waals surface area contributed by atoms with Gasteiger partial charge in [-0.3, -0.25) is 9.36 Å². The molecule has 0 fully saturated rings. The normalized spacial score (nSPS) is 14.9. The van der Waals surface area contributed by atoms with Crippen LogP contribution in [0.15, 0.2) is 48.6 Å². The number of phosphoric ester groups is 1. The van der Waals surface area contributed by atoms with E-state index in [0.29, 0.717) is 17.4 Å². The van der Waals surface area contributed by atoms with Crippen molar-refractivity contribution in [3.63, 3.8) is 0 Å². The Morgan fingerprint density at radius 3 is 1.65 bits per heavy atom. The molecule has 0 saturated heterocycles. The molecule has 0 radical (unpaired) electrons. The van der Waals surface area contributed by atoms with Crippen LogP contribution in [0.3, 0.4) is 0 Å². The quantitative estimate of drug-likeness (QED) is 0.0278. The van der Waals surface area contributed by atoms with Crippen LogP contribution >= 0.6 is 7.82 Å². The molecule has 0 aromatic carbocycles. The zero-order valence-corrected chi connectivity index (χ0v) is 36.6. The fourth-order valence-electron chi connectivity index (χ4n) is 5.96. The third-order valence-electron chi connectivity index (χ3n) is 9.51. The van der Waals surface area contributed by atoms with Crippen LogP contribution in [0.4, 0.5) is 0 Å². The molecular weight excluding hydrogens is 695 g/mol. The zero-order chi connectivity index (χ0) is 40.0. The highest BCUT2D eigenvalue weighted by molar-refractivity contribution is 7.45. The second-order valence-corrected chi connectivity index (χ2v) is 17.4. The maximum Gasteiger partial charge on any atom is 0.268 e. The summed E-state index contributed by atoms with van der Waals surface area (Å²) in [6.07, 6.45) is 45.8. The highest BCUT2D eigenvalue weighted by Crippen LogP contribution is 2.38. The van der Waals surface area contributed by atoms with Crippen molar-refractivity contribution >= 4 is 13.7 Å². The van der Waals surface area contributed by atoms with Gasteiger partial charge in [-0.15, -0.1) is 0 Å². The Morgan fingerprint density at radius 2 is 1.09 bits per heavy atom. The summed E-state index contributed by atoms with van der Waals surface area (Å²) in [4.78, 5) is 25.3. The first-order valence-electron chi connectivity index (χ1n) is 22.0. The van der Waals surface area contributed by atoms with Gasteiger partial charge in [0.05, 0.1) is 39.9 Å². The van der Waals surface area contributed by atoms with Gasteiger partial charge in [0.2, 0.25) is 5.91 Å². The van der Waals surface area contributed by atoms with Crippen LogP contribution in [0, 0.1) is 0 Å². The second kappa shape index (κ2) is 37.1. The number of rotatable bonds is 39. The number of carbonyl (C=O) groups excluding carboxylic acids is 1. The lowest BCUT2D eigenvalue weighted by molar-refractivity contribution is -0.870. The molecule has 1 amide bonds. The molecule has 0 aliphatic rings. The van der Waals surface area contributed by atoms with Crippen LogP contribution in [-0.2, 0) is 18.4 Å². The minimum absolute atomic E-state index is 0.00853. The van der Waals surface area contributed by atoms with Gasteiger partial charge in [0.1, 0.15) is 13.2 Å². The van der Waals surface area contributed by atoms with Gasteiger partial charge in [0, 0.05) is 6.42 Å². The van der Waals surface area contributed by atoms with E-state index >= 15 is 0 Å². The van der Waals surface area contributed by atoms with Gasteiger partial charge in [-0.05, 0) is 64.2 Å². The van der Waals surface area contributed by atoms with E-state index in [4.69, 9.17) is 9.05 Å². The van der Waals surface area contributed by atoms with Crippen LogP contribution < -0.4 is 10.2 Å². The molecule has 0 aromatic heterocycles. The molecule has 8 nitrogen and oxygen atoms in total. The van der Waals surface area contributed by atoms with E-state index in [1.54, 1.807) is 6.08 Å². The van der Waals surface area contributed by atoms with Crippen molar-refractivity contribution in [3.05, 3.63) is 48.6 Å². The fourth-order valence-corrected chi connectivity index (χ4v) is 6.68. The number of quaternary nitrogens is 1. The summed E-state index contributed by atoms with van der Waals surface area (Å²) < 4.78 is 23.1. The van der Waals surface area contributed by atoms with Gasteiger partial charge in [-0.25, -0.2) is 0 Å². The summed E-state index contributed by atoms with van der Waals surface area (Å²) in [5.74, 6) is -0.215. The Labute approximate surface area is 333 Å². The smallest absolute Gasteiger partial charge is 0.268 e. The molecule has 3 unspecified atom stereocenters. The molecule has 0 aliphatic carbocycles. The molecular formula is C45H85N2O6P. The Morgan fingerprint density at radius 1 is 0.648 bits per heavy atom. The first-order valence-corrected chi connectivity index (χ1v) is 23.5. The number of carbonyl (C=O) groups is 1. The lowest BCUT2D eigenvalue weighted by Gasteiger charge is -2.29. The number of nitrogens with one attached hydrogen (secondary N) is 1. The summed E-state index contributed by atoms with van der Waals surface area (Å²) in [6.45, 7) is 4.57. The van der Waals surface area contributed by atoms with E-state index < -0.39 is 26.6 Å². The first kappa shape index (κ1) is 52.5. The summed E-state index contributed by atoms with van der Waals surface area (Å²) in [5, 5.41) is 13.7. The number of phosphoric acid groups is 1. The van der Waals surface area contributed by atoms with E-state index in [9.17, 15) is 19.4 Å². The molecule has 3 atom stereocenters. The van der Waals surface area contributed by atoms with Gasteiger partial charge in [-0.2, -0.15) is 0 Å². The molecule has 0 bridgehead atoms. The van der Waals surface area contributed by atoms with Gasteiger partial charge in [0.15, 0.2) is 0 Å². The summed E-state index contributed by atoms with van der Waals surface area (Å²) in [5.41, 5.74) is 0. The summed E-state index contributed by atoms with van der Waals surface area (Å²) in [7, 11) is 1.23. The van der Waals surface area contributed by atoms with Gasteiger partial charge >= 0.3 is 0 Å². The zero-order valence-electron chi connectivity index (χ0n) is 35.7. The lowest BCUT2D eigenvalue weighted by atomic mass is 10.1. The molecule has 0 heterocycles. The highest BCUT2D eigenvalue weighted by Gasteiger charge is 2.23. The Kier molecular flexibility index (Phi) is 36.0. The maximum atomic E-state index is 12.8. The van der Waals surface area contributed by atoms with Crippen molar-refractivity contribution in [1.82, 2.24) is 5.32 Å². The Balaban J connectivity index is 4.44. The largest absolute Gasteiger partial charge is 0.756 e. The number of unbranched alkanes of at least 4 members (excludes halogenated alkanes) is 20. The number of nitrogens with zero attached hydrogens (tertiary/aromatic N) is 1. The Hall–Kier alpha value is -1.54. The molecule has 316 valence electrons. The van der Waals surface area contributed by atoms with E-state index in [1.807, 2.05) is 27.2 Å². The molecule has 0 aromatic rings. The predicted octanol–water partition coefficient (Wildman–Crippen LogP) is 11.4. The number of aliphatic hydroxyl groups is 1. The first-order chi connectivity index (χ1) is 26.0. The van der Waals surface area contributed by atoms with Crippen LogP contribution in [-0.4, -0.2) is 68.5 Å². The monoisotopic (exact) mass is 781 g/mol. The third kappa shape index (κ3) is 38.7. The average Bonchev–Trinajstić information content (AvgIpc) is 3.12. The lowest BCUT2D eigenvalue weighted by Crippen LogP contribution is -2.45. The standard InChI is InChI=1S/C45H85N2O6P/c1-6-8-10-12-14-16-18-20-21-22-23-24-25-27-29-31-33-35-37-39-45(49)46-43(42-53-54(50,51)52-41-40-47(3,4)5)44(48)38-36-34-32-30-28-26-19-17-15-13-11-9-7-2/h14,16,20-21,28,30,36,38,43-44,48H,6-13,15,17-19,22-27,29,31-35,37,39-42H2,1-5H3,(H-,46,49,50,51)/b16-14-,21-20-,30-28+,38-36+. The summed E-state index contributed by atoms with van der Waals surface area (Å²) >= 11 is 0. The SMILES string of the molecule is CCCCC/C=C\C/C=C\CCCCCCCCCCCC(=O)NC(COP(=O)([O-])OCC[N+](C)(C)C)C(O)/C=C/CC/C=C/CCCCCCCCC. The topological polar surface area (TPSA) is 108 Å². The van der Waals surface area contributed by atoms with Crippen LogP contribution in [0.25, 0.3) is 0 Å². The molecule has 2 N–H and O–H groups in total. The molecule has 0 aliphatic heterocycles. The van der Waals surface area contributed by atoms with Crippen LogP contribution in [0.1, 0.15) is 181 Å². The second-order valence-electron chi connectivity index (χ2n) is 16.0. The van der Waals surface area contributed by atoms with E-state index in [1.165, 1.54) is 116 Å². The molecule has 0 saturated carbocycles. The van der Waals surface area contributed by atoms with Crippen molar-refractivity contribution in [2.24, 2.45) is 0 Å². The van der Waals surface area contributed by atoms with Crippen molar-refractivity contribution < 1.29 is 32.9 Å². The molecule has 54 heavy (non-hydrogen) atoms. The van der Waals surface area contributed by atoms with Crippen LogP contribution in [0.5, 0.6) is 0 Å². The number of aliphatic hydroxyl groups excluding tert-OH is 1. The Bertz CT molecular complexity index is 1020. The minimum Gasteiger partial charge on any atom is -0.756 e. The molecule has 9 heteroatoms. The van der Waals surface area contributed by atoms with Crippen molar-refractivity contribution in [1.29, 1.82) is 0 Å². The number of allylic oxidation sites excluding steroid dienone is 7. The van der Waals surface area contributed by atoms with Crippen molar-refractivity contribution in [3.8, 4) is 0 Å². The van der Waals surface area contributed by atoms with E-state index in [0.717, 1.165) is 44.9 Å². The highest BCUT2D eigenvalue weighted by atomic mass is 31.2.